The Kier molecular flexibility index (Phi) is 17.2. The van der Waals surface area contributed by atoms with E-state index in [0.29, 0.717) is 44.9 Å². The van der Waals surface area contributed by atoms with E-state index in [4.69, 9.17) is 4.74 Å². The van der Waals surface area contributed by atoms with Gasteiger partial charge in [0.25, 0.3) is 0 Å². The Morgan fingerprint density at radius 2 is 1.46 bits per heavy atom. The van der Waals surface area contributed by atoms with Crippen LogP contribution in [0, 0.1) is 28.1 Å². The normalized spacial score (nSPS) is 23.3. The molecule has 2 fully saturated rings. The maximum atomic E-state index is 13.4. The first-order valence-corrected chi connectivity index (χ1v) is 17.8. The Balaban J connectivity index is 0.0000106. The summed E-state index contributed by atoms with van der Waals surface area (Å²) < 4.78 is 5.91. The van der Waals surface area contributed by atoms with Crippen molar-refractivity contribution >= 4 is 11.9 Å². The number of amides is 1. The number of aliphatic hydroxyl groups excluding tert-OH is 1. The third-order valence-electron chi connectivity index (χ3n) is 10.5. The number of aliphatic hydroxyl groups is 1. The topological polar surface area (TPSA) is 78.9 Å². The van der Waals surface area contributed by atoms with Gasteiger partial charge in [-0.2, -0.15) is 0 Å². The highest BCUT2D eigenvalue weighted by atomic mass is 16.5. The average Bonchev–Trinajstić information content (AvgIpc) is 2.95. The Morgan fingerprint density at radius 3 is 1.96 bits per heavy atom. The Morgan fingerprint density at radius 1 is 0.891 bits per heavy atom. The minimum atomic E-state index is -0.580. The molecule has 6 nitrogen and oxygen atoms in total. The molecule has 266 valence electrons. The van der Waals surface area contributed by atoms with E-state index in [1.54, 1.807) is 0 Å². The number of carbonyl (C=O) groups is 2. The van der Waals surface area contributed by atoms with Crippen molar-refractivity contribution in [3.63, 3.8) is 0 Å². The van der Waals surface area contributed by atoms with E-state index in [1.807, 2.05) is 13.0 Å². The summed E-state index contributed by atoms with van der Waals surface area (Å²) in [5.74, 6) is 1.82. The van der Waals surface area contributed by atoms with Crippen molar-refractivity contribution in [1.29, 1.82) is 0 Å². The summed E-state index contributed by atoms with van der Waals surface area (Å²) in [6.07, 6.45) is 16.4. The highest BCUT2D eigenvalue weighted by molar-refractivity contribution is 5.77. The van der Waals surface area contributed by atoms with Crippen LogP contribution in [0.2, 0.25) is 0 Å². The van der Waals surface area contributed by atoms with Crippen molar-refractivity contribution in [2.45, 2.75) is 164 Å². The first kappa shape index (κ1) is 41.8. The molecule has 0 bridgehead atoms. The SMILES string of the molecule is C.C=CCCC(=O)N(CCCOC(=O)C(C)(CC(C)(C)C)C(C)(C)C)C1CCC(CC2CCC(NC(=C)CCC(=C)O)CC2)CC1. The van der Waals surface area contributed by atoms with Gasteiger partial charge < -0.3 is 20.1 Å². The lowest BCUT2D eigenvalue weighted by atomic mass is 9.61. The predicted octanol–water partition coefficient (Wildman–Crippen LogP) is 10.3. The lowest BCUT2D eigenvalue weighted by Gasteiger charge is -2.43. The zero-order valence-electron chi connectivity index (χ0n) is 30.1. The summed E-state index contributed by atoms with van der Waals surface area (Å²) in [6, 6.07) is 0.766. The van der Waals surface area contributed by atoms with Gasteiger partial charge >= 0.3 is 5.97 Å². The number of hydrogen-bond acceptors (Lipinski definition) is 5. The van der Waals surface area contributed by atoms with Gasteiger partial charge in [-0.3, -0.25) is 9.59 Å². The van der Waals surface area contributed by atoms with E-state index < -0.39 is 5.41 Å². The largest absolute Gasteiger partial charge is 0.513 e. The van der Waals surface area contributed by atoms with Crippen LogP contribution in [-0.2, 0) is 14.3 Å². The van der Waals surface area contributed by atoms with E-state index in [-0.39, 0.29) is 41.9 Å². The molecule has 0 heterocycles. The maximum Gasteiger partial charge on any atom is 0.312 e. The quantitative estimate of drug-likeness (QED) is 0.0713. The van der Waals surface area contributed by atoms with Gasteiger partial charge in [-0.1, -0.05) is 68.2 Å². The summed E-state index contributed by atoms with van der Waals surface area (Å²) >= 11 is 0. The molecule has 0 aliphatic heterocycles. The first-order valence-electron chi connectivity index (χ1n) is 17.8. The molecule has 0 radical (unpaired) electrons. The molecule has 2 rings (SSSR count). The molecule has 0 aromatic carbocycles. The summed E-state index contributed by atoms with van der Waals surface area (Å²) in [4.78, 5) is 28.8. The van der Waals surface area contributed by atoms with Crippen molar-refractivity contribution in [1.82, 2.24) is 10.2 Å². The number of esters is 1. The first-order chi connectivity index (χ1) is 20.9. The fourth-order valence-corrected chi connectivity index (χ4v) is 7.51. The molecular formula is C40H72N2O4. The number of ether oxygens (including phenoxy) is 1. The van der Waals surface area contributed by atoms with Crippen LogP contribution in [0.1, 0.15) is 152 Å². The highest BCUT2D eigenvalue weighted by Gasteiger charge is 2.47. The maximum absolute atomic E-state index is 13.4. The molecule has 0 spiro atoms. The Bertz CT molecular complexity index is 974. The summed E-state index contributed by atoms with van der Waals surface area (Å²) in [7, 11) is 0. The summed E-state index contributed by atoms with van der Waals surface area (Å²) in [5, 5.41) is 12.9. The minimum absolute atomic E-state index is 0. The molecule has 1 unspecified atom stereocenters. The third-order valence-corrected chi connectivity index (χ3v) is 10.5. The molecule has 46 heavy (non-hydrogen) atoms. The number of nitrogens with zero attached hydrogens (tertiary/aromatic N) is 1. The van der Waals surface area contributed by atoms with E-state index >= 15 is 0 Å². The van der Waals surface area contributed by atoms with Crippen molar-refractivity contribution in [2.24, 2.45) is 28.1 Å². The van der Waals surface area contributed by atoms with Crippen LogP contribution >= 0.6 is 0 Å². The second kappa shape index (κ2) is 18.9. The zero-order valence-corrected chi connectivity index (χ0v) is 30.1. The Hall–Kier alpha value is -2.24. The van der Waals surface area contributed by atoms with Gasteiger partial charge in [0.2, 0.25) is 5.91 Å². The molecule has 2 aliphatic rings. The van der Waals surface area contributed by atoms with Crippen molar-refractivity contribution in [3.8, 4) is 0 Å². The smallest absolute Gasteiger partial charge is 0.312 e. The molecule has 2 N–H and O–H groups in total. The number of rotatable bonds is 17. The molecule has 1 atom stereocenters. The van der Waals surface area contributed by atoms with Gasteiger partial charge in [0, 0.05) is 37.2 Å². The molecule has 0 aromatic rings. The van der Waals surface area contributed by atoms with Crippen molar-refractivity contribution < 1.29 is 19.4 Å². The van der Waals surface area contributed by atoms with Gasteiger partial charge in [0.05, 0.1) is 17.8 Å². The van der Waals surface area contributed by atoms with E-state index in [0.717, 1.165) is 43.2 Å². The molecule has 1 amide bonds. The van der Waals surface area contributed by atoms with E-state index in [1.165, 1.54) is 44.9 Å². The second-order valence-corrected chi connectivity index (χ2v) is 16.7. The molecule has 0 aromatic heterocycles. The predicted molar refractivity (Wildman–Crippen MR) is 194 cm³/mol. The van der Waals surface area contributed by atoms with Gasteiger partial charge in [0.15, 0.2) is 0 Å². The zero-order chi connectivity index (χ0) is 33.8. The molecule has 6 heteroatoms. The van der Waals surface area contributed by atoms with Crippen LogP contribution in [-0.4, -0.2) is 47.1 Å². The van der Waals surface area contributed by atoms with Gasteiger partial charge in [0.1, 0.15) is 0 Å². The number of hydrogen-bond donors (Lipinski definition) is 2. The summed E-state index contributed by atoms with van der Waals surface area (Å²) in [6.45, 7) is 27.4. The number of nitrogens with one attached hydrogen (secondary N) is 1. The standard InChI is InChI=1S/C39H68N2O4.CH4/c1-11-12-14-35(43)41(25-13-26-45-36(44)39(10,38(7,8)9)28-37(4,5)6)34-23-19-32(20-24-34)27-31-17-21-33(22-18-31)40-29(2)15-16-30(3)42;/h11,31-34,40,42H,1-3,12-28H2,4-10H3;1H4. The van der Waals surface area contributed by atoms with Crippen molar-refractivity contribution in [3.05, 3.63) is 37.3 Å². The van der Waals surface area contributed by atoms with Crippen molar-refractivity contribution in [2.75, 3.05) is 13.2 Å². The van der Waals surface area contributed by atoms with Gasteiger partial charge in [-0.05, 0) is 113 Å². The number of carbonyl (C=O) groups excluding carboxylic acids is 2. The van der Waals surface area contributed by atoms with Gasteiger partial charge in [-0.25, -0.2) is 0 Å². The fourth-order valence-electron chi connectivity index (χ4n) is 7.51. The lowest BCUT2D eigenvalue weighted by Crippen LogP contribution is -2.45. The Labute approximate surface area is 283 Å². The molecule has 2 saturated carbocycles. The highest BCUT2D eigenvalue weighted by Crippen LogP contribution is 2.47. The van der Waals surface area contributed by atoms with Gasteiger partial charge in [-0.15, -0.1) is 6.58 Å². The minimum Gasteiger partial charge on any atom is -0.513 e. The number of allylic oxidation sites excluding steroid dienone is 3. The second-order valence-electron chi connectivity index (χ2n) is 16.7. The molecular weight excluding hydrogens is 572 g/mol. The third kappa shape index (κ3) is 13.9. The van der Waals surface area contributed by atoms with Crippen LogP contribution in [0.25, 0.3) is 0 Å². The van der Waals surface area contributed by atoms with E-state index in [2.05, 4.69) is 71.5 Å². The summed E-state index contributed by atoms with van der Waals surface area (Å²) in [5.41, 5.74) is 0.216. The van der Waals surface area contributed by atoms with Crippen LogP contribution < -0.4 is 5.32 Å². The lowest BCUT2D eigenvalue weighted by molar-refractivity contribution is -0.165. The molecule has 2 aliphatic carbocycles. The fraction of sp³-hybridized carbons (Fsp3) is 0.800. The molecule has 0 saturated heterocycles. The average molecular weight is 645 g/mol. The van der Waals surface area contributed by atoms with Crippen LogP contribution in [0.4, 0.5) is 0 Å². The van der Waals surface area contributed by atoms with Crippen LogP contribution in [0.5, 0.6) is 0 Å². The van der Waals surface area contributed by atoms with Crippen LogP contribution in [0.3, 0.4) is 0 Å². The van der Waals surface area contributed by atoms with Crippen LogP contribution in [0.15, 0.2) is 37.3 Å². The monoisotopic (exact) mass is 645 g/mol. The van der Waals surface area contributed by atoms with E-state index in [9.17, 15) is 14.7 Å².